The maximum absolute atomic E-state index is 12.3. The summed E-state index contributed by atoms with van der Waals surface area (Å²) in [4.78, 5) is 8.29. The Morgan fingerprint density at radius 1 is 1.29 bits per heavy atom. The number of nitrogens with zero attached hydrogens (tertiary/aromatic N) is 3. The lowest BCUT2D eigenvalue weighted by Crippen LogP contribution is -2.15. The zero-order chi connectivity index (χ0) is 15.5. The maximum Gasteiger partial charge on any atom is 0.263 e. The molecule has 1 heterocycles. The lowest BCUT2D eigenvalue weighted by Gasteiger charge is -2.09. The summed E-state index contributed by atoms with van der Waals surface area (Å²) < 4.78 is 27.0. The predicted molar refractivity (Wildman–Crippen MR) is 78.1 cm³/mol. The van der Waals surface area contributed by atoms with Crippen LogP contribution in [0.4, 0.5) is 5.82 Å². The maximum atomic E-state index is 12.3. The van der Waals surface area contributed by atoms with Crippen molar-refractivity contribution in [2.24, 2.45) is 0 Å². The first-order valence-corrected chi connectivity index (χ1v) is 7.80. The molecule has 2 rings (SSSR count). The molecule has 0 atom stereocenters. The molecule has 6 nitrogen and oxygen atoms in total. The smallest absolute Gasteiger partial charge is 0.263 e. The number of benzene rings is 1. The van der Waals surface area contributed by atoms with Gasteiger partial charge < -0.3 is 0 Å². The van der Waals surface area contributed by atoms with E-state index in [4.69, 9.17) is 5.26 Å². The van der Waals surface area contributed by atoms with Crippen LogP contribution in [0.3, 0.4) is 0 Å². The van der Waals surface area contributed by atoms with Gasteiger partial charge in [-0.05, 0) is 31.5 Å². The molecule has 21 heavy (non-hydrogen) atoms. The molecule has 0 aliphatic rings. The first-order chi connectivity index (χ1) is 9.94. The molecule has 7 heteroatoms. The van der Waals surface area contributed by atoms with Crippen molar-refractivity contribution in [2.75, 3.05) is 4.72 Å². The first-order valence-electron chi connectivity index (χ1n) is 6.32. The summed E-state index contributed by atoms with van der Waals surface area (Å²) in [6.07, 6.45) is 0.683. The van der Waals surface area contributed by atoms with Crippen molar-refractivity contribution in [3.8, 4) is 6.07 Å². The van der Waals surface area contributed by atoms with E-state index < -0.39 is 10.0 Å². The highest BCUT2D eigenvalue weighted by Crippen LogP contribution is 2.16. The molecule has 0 fully saturated rings. The molecule has 1 aromatic heterocycles. The normalized spacial score (nSPS) is 10.9. The molecule has 0 aliphatic heterocycles. The highest BCUT2D eigenvalue weighted by atomic mass is 32.2. The molecule has 0 spiro atoms. The van der Waals surface area contributed by atoms with Crippen LogP contribution in [0.25, 0.3) is 0 Å². The van der Waals surface area contributed by atoms with Gasteiger partial charge in [-0.25, -0.2) is 18.4 Å². The van der Waals surface area contributed by atoms with Crippen molar-refractivity contribution >= 4 is 15.8 Å². The van der Waals surface area contributed by atoms with E-state index in [0.717, 1.165) is 5.69 Å². The molecule has 108 valence electrons. The fourth-order valence-electron chi connectivity index (χ4n) is 1.79. The van der Waals surface area contributed by atoms with Crippen molar-refractivity contribution < 1.29 is 8.42 Å². The van der Waals surface area contributed by atoms with E-state index in [0.29, 0.717) is 12.2 Å². The molecular formula is C14H14N4O2S. The van der Waals surface area contributed by atoms with E-state index >= 15 is 0 Å². The summed E-state index contributed by atoms with van der Waals surface area (Å²) in [5.74, 6) is 0.722. The first kappa shape index (κ1) is 14.9. The van der Waals surface area contributed by atoms with Crippen LogP contribution in [0.15, 0.2) is 35.2 Å². The van der Waals surface area contributed by atoms with Crippen LogP contribution in [0.5, 0.6) is 0 Å². The average molecular weight is 302 g/mol. The van der Waals surface area contributed by atoms with Crippen molar-refractivity contribution in [1.82, 2.24) is 9.97 Å². The van der Waals surface area contributed by atoms with Crippen LogP contribution in [-0.2, 0) is 16.4 Å². The van der Waals surface area contributed by atoms with Gasteiger partial charge in [0.2, 0.25) is 0 Å². The van der Waals surface area contributed by atoms with Gasteiger partial charge in [-0.15, -0.1) is 0 Å². The predicted octanol–water partition coefficient (Wildman–Crippen LogP) is 2.02. The van der Waals surface area contributed by atoms with E-state index in [-0.39, 0.29) is 16.3 Å². The number of anilines is 1. The number of nitrogens with one attached hydrogen (secondary N) is 1. The minimum Gasteiger partial charge on any atom is -0.263 e. The Morgan fingerprint density at radius 2 is 2.05 bits per heavy atom. The Kier molecular flexibility index (Phi) is 4.19. The number of hydrogen-bond acceptors (Lipinski definition) is 5. The second-order valence-electron chi connectivity index (χ2n) is 4.39. The fourth-order valence-corrected chi connectivity index (χ4v) is 2.83. The fraction of sp³-hybridized carbons (Fsp3) is 0.214. The second kappa shape index (κ2) is 5.89. The van der Waals surface area contributed by atoms with E-state index in [2.05, 4.69) is 14.7 Å². The Hall–Kier alpha value is -2.46. The zero-order valence-electron chi connectivity index (χ0n) is 11.7. The molecule has 0 saturated heterocycles. The van der Waals surface area contributed by atoms with Gasteiger partial charge in [-0.1, -0.05) is 13.0 Å². The minimum absolute atomic E-state index is 0.0239. The van der Waals surface area contributed by atoms with Gasteiger partial charge in [-0.3, -0.25) is 4.72 Å². The quantitative estimate of drug-likeness (QED) is 0.932. The van der Waals surface area contributed by atoms with Gasteiger partial charge in [0.1, 0.15) is 11.6 Å². The molecule has 2 aromatic rings. The lowest BCUT2D eigenvalue weighted by atomic mass is 10.2. The SMILES string of the molecule is CCc1cc(NS(=O)(=O)c2cccc(C#N)c2)nc(C)n1. The van der Waals surface area contributed by atoms with Crippen LogP contribution < -0.4 is 4.72 Å². The van der Waals surface area contributed by atoms with Crippen molar-refractivity contribution in [1.29, 1.82) is 5.26 Å². The van der Waals surface area contributed by atoms with Gasteiger partial charge in [0.25, 0.3) is 10.0 Å². The van der Waals surface area contributed by atoms with Gasteiger partial charge in [-0.2, -0.15) is 5.26 Å². The van der Waals surface area contributed by atoms with E-state index in [9.17, 15) is 8.42 Å². The molecule has 0 unspecified atom stereocenters. The Morgan fingerprint density at radius 3 is 2.71 bits per heavy atom. The number of aromatic nitrogens is 2. The number of nitriles is 1. The van der Waals surface area contributed by atoms with E-state index in [1.165, 1.54) is 18.2 Å². The summed E-state index contributed by atoms with van der Waals surface area (Å²) >= 11 is 0. The largest absolute Gasteiger partial charge is 0.263 e. The highest BCUT2D eigenvalue weighted by molar-refractivity contribution is 7.92. The second-order valence-corrected chi connectivity index (χ2v) is 6.07. The Balaban J connectivity index is 2.37. The summed E-state index contributed by atoms with van der Waals surface area (Å²) in [6.45, 7) is 3.63. The number of aryl methyl sites for hydroxylation is 2. The van der Waals surface area contributed by atoms with Gasteiger partial charge in [0.05, 0.1) is 16.5 Å². The van der Waals surface area contributed by atoms with Crippen molar-refractivity contribution in [2.45, 2.75) is 25.2 Å². The summed E-state index contributed by atoms with van der Waals surface area (Å²) in [5, 5.41) is 8.84. The summed E-state index contributed by atoms with van der Waals surface area (Å²) in [6, 6.07) is 9.32. The molecule has 1 aromatic carbocycles. The topological polar surface area (TPSA) is 95.7 Å². The highest BCUT2D eigenvalue weighted by Gasteiger charge is 2.16. The molecule has 0 radical (unpaired) electrons. The number of hydrogen-bond donors (Lipinski definition) is 1. The lowest BCUT2D eigenvalue weighted by molar-refractivity contribution is 0.601. The van der Waals surface area contributed by atoms with Crippen LogP contribution in [0.2, 0.25) is 0 Å². The molecule has 1 N–H and O–H groups in total. The minimum atomic E-state index is -3.78. The molecular weight excluding hydrogens is 288 g/mol. The van der Waals surface area contributed by atoms with Crippen LogP contribution in [-0.4, -0.2) is 18.4 Å². The van der Waals surface area contributed by atoms with Crippen molar-refractivity contribution in [3.63, 3.8) is 0 Å². The monoisotopic (exact) mass is 302 g/mol. The molecule has 0 bridgehead atoms. The van der Waals surface area contributed by atoms with Gasteiger partial charge in [0, 0.05) is 11.8 Å². The van der Waals surface area contributed by atoms with Crippen LogP contribution in [0, 0.1) is 18.3 Å². The van der Waals surface area contributed by atoms with Crippen LogP contribution in [0.1, 0.15) is 24.0 Å². The van der Waals surface area contributed by atoms with Crippen molar-refractivity contribution in [3.05, 3.63) is 47.4 Å². The third kappa shape index (κ3) is 3.55. The Labute approximate surface area is 123 Å². The average Bonchev–Trinajstić information content (AvgIpc) is 2.46. The molecule has 0 amide bonds. The summed E-state index contributed by atoms with van der Waals surface area (Å²) in [7, 11) is -3.78. The zero-order valence-corrected chi connectivity index (χ0v) is 12.5. The van der Waals surface area contributed by atoms with Gasteiger partial charge >= 0.3 is 0 Å². The molecule has 0 aliphatic carbocycles. The Bertz CT molecular complexity index is 810. The van der Waals surface area contributed by atoms with E-state index in [1.807, 2.05) is 13.0 Å². The standard InChI is InChI=1S/C14H14N4O2S/c1-3-12-8-14(17-10(2)16-12)18-21(19,20)13-6-4-5-11(7-13)9-15/h4-8H,3H2,1-2H3,(H,16,17,18). The number of sulfonamides is 1. The van der Waals surface area contributed by atoms with E-state index in [1.54, 1.807) is 19.1 Å². The number of rotatable bonds is 4. The summed E-state index contributed by atoms with van der Waals surface area (Å²) in [5.41, 5.74) is 1.04. The third-order valence-corrected chi connectivity index (χ3v) is 4.12. The third-order valence-electron chi connectivity index (χ3n) is 2.77. The van der Waals surface area contributed by atoms with Gasteiger partial charge in [0.15, 0.2) is 0 Å². The molecule has 0 saturated carbocycles. The van der Waals surface area contributed by atoms with Crippen LogP contribution >= 0.6 is 0 Å².